The highest BCUT2D eigenvalue weighted by Crippen LogP contribution is 2.31. The number of fused-ring (bicyclic) bond motifs is 1. The van der Waals surface area contributed by atoms with Crippen molar-refractivity contribution in [1.29, 1.82) is 5.26 Å². The van der Waals surface area contributed by atoms with Crippen LogP contribution >= 0.6 is 11.3 Å². The highest BCUT2D eigenvalue weighted by Gasteiger charge is 2.33. The van der Waals surface area contributed by atoms with Crippen LogP contribution in [0.5, 0.6) is 11.5 Å². The van der Waals surface area contributed by atoms with Crippen LogP contribution in [0.2, 0.25) is 0 Å². The van der Waals surface area contributed by atoms with E-state index in [-0.39, 0.29) is 24.3 Å². The molecule has 8 nitrogen and oxygen atoms in total. The fourth-order valence-electron chi connectivity index (χ4n) is 3.91. The van der Waals surface area contributed by atoms with Crippen LogP contribution in [0.3, 0.4) is 0 Å². The Hall–Kier alpha value is -4.23. The molecule has 0 fully saturated rings. The number of carbonyl (C=O) groups excluding carboxylic acids is 1. The Bertz CT molecular complexity index is 1560. The van der Waals surface area contributed by atoms with E-state index in [0.29, 0.717) is 37.7 Å². The number of ether oxygens (including phenoxy) is 3. The highest BCUT2D eigenvalue weighted by molar-refractivity contribution is 7.07. The molecule has 0 saturated carbocycles. The first-order chi connectivity index (χ1) is 17.4. The zero-order chi connectivity index (χ0) is 25.8. The fraction of sp³-hybridized carbons (Fsp3) is 0.231. The molecular formula is C26H22FN3O5S. The third kappa shape index (κ3) is 4.78. The summed E-state index contributed by atoms with van der Waals surface area (Å²) >= 11 is 1.17. The summed E-state index contributed by atoms with van der Waals surface area (Å²) in [6.07, 6.45) is 1.69. The van der Waals surface area contributed by atoms with Crippen LogP contribution in [-0.2, 0) is 9.53 Å². The molecule has 0 radical (unpaired) electrons. The number of halogens is 1. The highest BCUT2D eigenvalue weighted by atomic mass is 32.1. The smallest absolute Gasteiger partial charge is 0.338 e. The Morgan fingerprint density at radius 3 is 2.67 bits per heavy atom. The van der Waals surface area contributed by atoms with Crippen LogP contribution in [0.1, 0.15) is 31.0 Å². The largest absolute Gasteiger partial charge is 0.493 e. The predicted octanol–water partition coefficient (Wildman–Crippen LogP) is 2.85. The van der Waals surface area contributed by atoms with Gasteiger partial charge in [-0.05, 0) is 55.3 Å². The van der Waals surface area contributed by atoms with Crippen LogP contribution in [0.25, 0.3) is 6.08 Å². The molecule has 2 aromatic carbocycles. The SMILES string of the molecule is CCOC(=O)C1=C(C)N=c2s/c(=C\c3ccc(OCC#N)c(OC)c3)c(=O)n2[C@H]1c1ccc(F)cc1. The van der Waals surface area contributed by atoms with Crippen LogP contribution in [-0.4, -0.2) is 30.9 Å². The number of methoxy groups -OCH3 is 1. The van der Waals surface area contributed by atoms with Gasteiger partial charge in [0.15, 0.2) is 22.9 Å². The third-order valence-corrected chi connectivity index (χ3v) is 6.46. The molecule has 1 aliphatic rings. The number of esters is 1. The van der Waals surface area contributed by atoms with E-state index in [1.807, 2.05) is 6.07 Å². The summed E-state index contributed by atoms with van der Waals surface area (Å²) in [5.41, 5.74) is 1.52. The number of aromatic nitrogens is 1. The van der Waals surface area contributed by atoms with Crippen LogP contribution < -0.4 is 24.4 Å². The van der Waals surface area contributed by atoms with Crippen LogP contribution in [0.4, 0.5) is 4.39 Å². The first-order valence-corrected chi connectivity index (χ1v) is 11.8. The molecular weight excluding hydrogens is 485 g/mol. The number of allylic oxidation sites excluding steroid dienone is 1. The summed E-state index contributed by atoms with van der Waals surface area (Å²) in [6, 6.07) is 11.8. The van der Waals surface area contributed by atoms with Crippen molar-refractivity contribution >= 4 is 23.4 Å². The van der Waals surface area contributed by atoms with Crippen molar-refractivity contribution in [2.24, 2.45) is 4.99 Å². The lowest BCUT2D eigenvalue weighted by molar-refractivity contribution is -0.139. The van der Waals surface area contributed by atoms with E-state index >= 15 is 0 Å². The summed E-state index contributed by atoms with van der Waals surface area (Å²) in [5, 5.41) is 8.75. The summed E-state index contributed by atoms with van der Waals surface area (Å²) in [6.45, 7) is 3.41. The average molecular weight is 508 g/mol. The van der Waals surface area contributed by atoms with Crippen molar-refractivity contribution in [3.8, 4) is 17.6 Å². The molecule has 2 heterocycles. The normalized spacial score (nSPS) is 15.1. The molecule has 4 rings (SSSR count). The minimum absolute atomic E-state index is 0.125. The van der Waals surface area contributed by atoms with Crippen molar-refractivity contribution in [3.05, 3.63) is 90.4 Å². The number of hydrogen-bond donors (Lipinski definition) is 0. The van der Waals surface area contributed by atoms with Crippen LogP contribution in [0, 0.1) is 17.1 Å². The second-order valence-corrected chi connectivity index (χ2v) is 8.72. The monoisotopic (exact) mass is 507 g/mol. The summed E-state index contributed by atoms with van der Waals surface area (Å²) in [4.78, 5) is 31.4. The Labute approximate surface area is 209 Å². The molecule has 1 aliphatic heterocycles. The lowest BCUT2D eigenvalue weighted by Gasteiger charge is -2.24. The number of benzene rings is 2. The van der Waals surface area contributed by atoms with Crippen molar-refractivity contribution < 1.29 is 23.4 Å². The standard InChI is InChI=1S/C26H22FN3O5S/c1-4-34-25(32)22-15(2)29-26-30(23(22)17-6-8-18(27)9-7-17)24(31)21(36-26)14-16-5-10-19(35-12-11-28)20(13-16)33-3/h5-10,13-14,23H,4,12H2,1-3H3/b21-14-/t23-/m0/s1. The van der Waals surface area contributed by atoms with Crippen molar-refractivity contribution in [2.45, 2.75) is 19.9 Å². The Balaban J connectivity index is 1.87. The molecule has 0 aliphatic carbocycles. The molecule has 3 aromatic rings. The molecule has 1 aromatic heterocycles. The minimum Gasteiger partial charge on any atom is -0.493 e. The van der Waals surface area contributed by atoms with Gasteiger partial charge < -0.3 is 14.2 Å². The number of hydrogen-bond acceptors (Lipinski definition) is 8. The zero-order valence-corrected chi connectivity index (χ0v) is 20.6. The molecule has 0 N–H and O–H groups in total. The first-order valence-electron chi connectivity index (χ1n) is 11.0. The second-order valence-electron chi connectivity index (χ2n) is 7.71. The van der Waals surface area contributed by atoms with Crippen molar-refractivity contribution in [3.63, 3.8) is 0 Å². The van der Waals surface area contributed by atoms with Crippen molar-refractivity contribution in [1.82, 2.24) is 4.57 Å². The van der Waals surface area contributed by atoms with E-state index < -0.39 is 17.8 Å². The molecule has 0 spiro atoms. The Morgan fingerprint density at radius 1 is 1.25 bits per heavy atom. The lowest BCUT2D eigenvalue weighted by atomic mass is 9.96. The number of carbonyl (C=O) groups is 1. The second kappa shape index (κ2) is 10.6. The maximum Gasteiger partial charge on any atom is 0.338 e. The Morgan fingerprint density at radius 2 is 2.00 bits per heavy atom. The van der Waals surface area contributed by atoms with E-state index in [4.69, 9.17) is 19.5 Å². The number of rotatable bonds is 7. The first kappa shape index (κ1) is 24.9. The zero-order valence-electron chi connectivity index (χ0n) is 19.8. The molecule has 36 heavy (non-hydrogen) atoms. The van der Waals surface area contributed by atoms with Gasteiger partial charge in [-0.1, -0.05) is 29.5 Å². The van der Waals surface area contributed by atoms with Gasteiger partial charge in [0.05, 0.1) is 35.6 Å². The van der Waals surface area contributed by atoms with Gasteiger partial charge >= 0.3 is 5.97 Å². The van der Waals surface area contributed by atoms with E-state index in [0.717, 1.165) is 0 Å². The molecule has 0 amide bonds. The van der Waals surface area contributed by atoms with E-state index in [1.54, 1.807) is 50.3 Å². The maximum atomic E-state index is 13.7. The molecule has 184 valence electrons. The van der Waals surface area contributed by atoms with Gasteiger partial charge in [0.1, 0.15) is 11.9 Å². The average Bonchev–Trinajstić information content (AvgIpc) is 3.17. The molecule has 1 atom stereocenters. The van der Waals surface area contributed by atoms with E-state index in [1.165, 1.54) is 35.1 Å². The number of nitrogens with zero attached hydrogens (tertiary/aromatic N) is 3. The van der Waals surface area contributed by atoms with Crippen LogP contribution in [0.15, 0.2) is 63.5 Å². The summed E-state index contributed by atoms with van der Waals surface area (Å²) in [5.74, 6) is -0.194. The fourth-order valence-corrected chi connectivity index (χ4v) is 4.95. The van der Waals surface area contributed by atoms with Gasteiger partial charge in [0, 0.05) is 0 Å². The lowest BCUT2D eigenvalue weighted by Crippen LogP contribution is -2.39. The Kier molecular flexibility index (Phi) is 7.31. The quantitative estimate of drug-likeness (QED) is 0.456. The molecule has 0 unspecified atom stereocenters. The molecule has 0 saturated heterocycles. The van der Waals surface area contributed by atoms with Crippen molar-refractivity contribution in [2.75, 3.05) is 20.3 Å². The van der Waals surface area contributed by atoms with Gasteiger partial charge in [-0.2, -0.15) is 5.26 Å². The number of nitriles is 1. The van der Waals surface area contributed by atoms with Gasteiger partial charge in [-0.25, -0.2) is 14.2 Å². The van der Waals surface area contributed by atoms with Gasteiger partial charge in [-0.15, -0.1) is 0 Å². The topological polar surface area (TPSA) is 103 Å². The maximum absolute atomic E-state index is 13.7. The molecule has 0 bridgehead atoms. The molecule has 10 heteroatoms. The third-order valence-electron chi connectivity index (χ3n) is 5.48. The summed E-state index contributed by atoms with van der Waals surface area (Å²) < 4.78 is 31.4. The predicted molar refractivity (Wildman–Crippen MR) is 131 cm³/mol. The summed E-state index contributed by atoms with van der Waals surface area (Å²) in [7, 11) is 1.48. The van der Waals surface area contributed by atoms with Gasteiger partial charge in [-0.3, -0.25) is 9.36 Å². The van der Waals surface area contributed by atoms with Gasteiger partial charge in [0.2, 0.25) is 0 Å². The minimum atomic E-state index is -0.820. The number of thiazole rings is 1. The van der Waals surface area contributed by atoms with Gasteiger partial charge in [0.25, 0.3) is 5.56 Å². The van der Waals surface area contributed by atoms with E-state index in [2.05, 4.69) is 4.99 Å². The van der Waals surface area contributed by atoms with E-state index in [9.17, 15) is 14.0 Å².